The minimum atomic E-state index is -3.55. The molecule has 0 aromatic rings. The minimum absolute atomic E-state index is 0.0815. The van der Waals surface area contributed by atoms with Crippen molar-refractivity contribution < 1.29 is 32.4 Å². The minimum Gasteiger partial charge on any atom is -0.363 e. The molecule has 1 unspecified atom stereocenters. The molecule has 13 heteroatoms. The summed E-state index contributed by atoms with van der Waals surface area (Å²) in [6.07, 6.45) is 11.2. The standard InChI is InChI=1S/C36H59N5O7S/c1-34(2,3)49(47,48)21-36(17-10-7-11-18-36)40-33(46)39-27(23-15-8-6-9-16-23)32(45)41-20-24-26(35(24,4)5)28(41)31(44)38-25(29(42)30(37)43)19-22-13-12-14-22/h22-28H,6-21H2,1-5H3,(H2,37,43)(H,38,44)(H2,39,40,46)/t24-,25?,26-,27-,28-/m0/s1. The normalized spacial score (nSPS) is 27.9. The second-order valence-corrected chi connectivity index (χ2v) is 20.1. The molecule has 5 atom stereocenters. The van der Waals surface area contributed by atoms with Gasteiger partial charge in [0, 0.05) is 6.54 Å². The van der Waals surface area contributed by atoms with Crippen molar-refractivity contribution in [2.45, 2.75) is 153 Å². The number of hydrogen-bond donors (Lipinski definition) is 4. The van der Waals surface area contributed by atoms with E-state index >= 15 is 0 Å². The summed E-state index contributed by atoms with van der Waals surface area (Å²) in [6, 6.07) is -3.35. The SMILES string of the molecule is CC1(C)[C@@H]2[C@@H](C(=O)NC(CC3CCC3)C(=O)C(N)=O)N(C(=O)[C@@H](NC(=O)NC3(CS(=O)(=O)C(C)(C)C)CCCCC3)C3CCCCC3)C[C@@H]21. The predicted molar refractivity (Wildman–Crippen MR) is 186 cm³/mol. The number of piperidine rings is 1. The zero-order valence-electron chi connectivity index (χ0n) is 30.1. The monoisotopic (exact) mass is 705 g/mol. The average Bonchev–Trinajstić information content (AvgIpc) is 3.31. The van der Waals surface area contributed by atoms with Crippen LogP contribution in [0.4, 0.5) is 4.79 Å². The van der Waals surface area contributed by atoms with E-state index in [1.165, 1.54) is 0 Å². The maximum atomic E-state index is 14.6. The summed E-state index contributed by atoms with van der Waals surface area (Å²) in [5, 5.41) is 8.89. The lowest BCUT2D eigenvalue weighted by Crippen LogP contribution is -2.63. The van der Waals surface area contributed by atoms with Crippen LogP contribution in [0.1, 0.15) is 125 Å². The van der Waals surface area contributed by atoms with Gasteiger partial charge in [-0.1, -0.05) is 71.6 Å². The number of Topliss-reactive ketones (excluding diaryl/α,β-unsaturated/α-hetero) is 1. The largest absolute Gasteiger partial charge is 0.363 e. The summed E-state index contributed by atoms with van der Waals surface area (Å²) in [5.41, 5.74) is 4.25. The van der Waals surface area contributed by atoms with E-state index in [1.54, 1.807) is 25.7 Å². The molecular formula is C36H59N5O7S. The van der Waals surface area contributed by atoms with Gasteiger partial charge in [-0.2, -0.15) is 0 Å². The molecule has 0 radical (unpaired) electrons. The third kappa shape index (κ3) is 7.96. The lowest BCUT2D eigenvalue weighted by molar-refractivity contribution is -0.144. The van der Waals surface area contributed by atoms with Gasteiger partial charge in [-0.3, -0.25) is 19.2 Å². The van der Waals surface area contributed by atoms with Crippen LogP contribution in [-0.2, 0) is 29.0 Å². The van der Waals surface area contributed by atoms with Crippen molar-refractivity contribution in [3.8, 4) is 0 Å². The number of nitrogens with zero attached hydrogens (tertiary/aromatic N) is 1. The molecule has 12 nitrogen and oxygen atoms in total. The fourth-order valence-corrected chi connectivity index (χ4v) is 10.6. The van der Waals surface area contributed by atoms with Crippen molar-refractivity contribution >= 4 is 39.4 Å². The molecule has 49 heavy (non-hydrogen) atoms. The van der Waals surface area contributed by atoms with E-state index < -0.39 is 61.9 Å². The Labute approximate surface area is 292 Å². The average molecular weight is 706 g/mol. The Morgan fingerprint density at radius 3 is 2.04 bits per heavy atom. The highest BCUT2D eigenvalue weighted by atomic mass is 32.2. The molecule has 5 N–H and O–H groups in total. The molecular weight excluding hydrogens is 646 g/mol. The molecule has 1 aliphatic heterocycles. The van der Waals surface area contributed by atoms with E-state index in [0.717, 1.165) is 70.6 Å². The van der Waals surface area contributed by atoms with Gasteiger partial charge >= 0.3 is 6.03 Å². The van der Waals surface area contributed by atoms with Gasteiger partial charge in [-0.15, -0.1) is 0 Å². The Morgan fingerprint density at radius 2 is 1.49 bits per heavy atom. The Morgan fingerprint density at radius 1 is 0.878 bits per heavy atom. The fourth-order valence-electron chi connectivity index (χ4n) is 9.10. The van der Waals surface area contributed by atoms with Gasteiger partial charge < -0.3 is 26.6 Å². The molecule has 0 aromatic carbocycles. The Hall–Kier alpha value is -2.70. The summed E-state index contributed by atoms with van der Waals surface area (Å²) in [6.45, 7) is 9.51. The third-order valence-electron chi connectivity index (χ3n) is 12.7. The number of primary amides is 1. The van der Waals surface area contributed by atoms with E-state index in [1.807, 2.05) is 0 Å². The van der Waals surface area contributed by atoms with Crippen molar-refractivity contribution in [3.63, 3.8) is 0 Å². The first-order chi connectivity index (χ1) is 22.9. The lowest BCUT2D eigenvalue weighted by Gasteiger charge is -2.41. The number of nitrogens with one attached hydrogen (secondary N) is 3. The van der Waals surface area contributed by atoms with Gasteiger partial charge in [-0.25, -0.2) is 13.2 Å². The van der Waals surface area contributed by atoms with Gasteiger partial charge in [0.25, 0.3) is 5.91 Å². The van der Waals surface area contributed by atoms with Crippen LogP contribution >= 0.6 is 0 Å². The molecule has 5 rings (SSSR count). The van der Waals surface area contributed by atoms with Gasteiger partial charge in [0.15, 0.2) is 9.84 Å². The van der Waals surface area contributed by atoms with Crippen molar-refractivity contribution in [3.05, 3.63) is 0 Å². The predicted octanol–water partition coefficient (Wildman–Crippen LogP) is 3.36. The van der Waals surface area contributed by atoms with E-state index in [4.69, 9.17) is 5.73 Å². The van der Waals surface area contributed by atoms with Crippen molar-refractivity contribution in [2.24, 2.45) is 34.8 Å². The topological polar surface area (TPSA) is 185 Å². The molecule has 4 aliphatic carbocycles. The second kappa shape index (κ2) is 14.1. The van der Waals surface area contributed by atoms with Crippen LogP contribution in [0.2, 0.25) is 0 Å². The summed E-state index contributed by atoms with van der Waals surface area (Å²) in [5.74, 6) is -2.84. The zero-order valence-corrected chi connectivity index (χ0v) is 31.0. The van der Waals surface area contributed by atoms with Crippen molar-refractivity contribution in [2.75, 3.05) is 12.3 Å². The van der Waals surface area contributed by atoms with Gasteiger partial charge in [-0.05, 0) is 82.0 Å². The molecule has 1 heterocycles. The Bertz CT molecular complexity index is 1410. The Kier molecular flexibility index (Phi) is 10.8. The van der Waals surface area contributed by atoms with Crippen LogP contribution in [0.15, 0.2) is 0 Å². The lowest BCUT2D eigenvalue weighted by atomic mass is 9.80. The van der Waals surface area contributed by atoms with E-state index in [9.17, 15) is 32.4 Å². The molecule has 276 valence electrons. The smallest absolute Gasteiger partial charge is 0.315 e. The summed E-state index contributed by atoms with van der Waals surface area (Å²) in [4.78, 5) is 68.9. The molecule has 0 aromatic heterocycles. The maximum absolute atomic E-state index is 14.6. The molecule has 1 saturated heterocycles. The molecule has 0 bridgehead atoms. The summed E-state index contributed by atoms with van der Waals surface area (Å²) in [7, 11) is -3.55. The van der Waals surface area contributed by atoms with Crippen molar-refractivity contribution in [1.82, 2.24) is 20.9 Å². The summed E-state index contributed by atoms with van der Waals surface area (Å²) >= 11 is 0. The highest BCUT2D eigenvalue weighted by Gasteiger charge is 2.70. The highest BCUT2D eigenvalue weighted by molar-refractivity contribution is 7.92. The van der Waals surface area contributed by atoms with Gasteiger partial charge in [0.2, 0.25) is 17.6 Å². The first-order valence-corrected chi connectivity index (χ1v) is 20.3. The number of rotatable bonds is 12. The first-order valence-electron chi connectivity index (χ1n) is 18.6. The van der Waals surface area contributed by atoms with Crippen LogP contribution < -0.4 is 21.7 Å². The zero-order chi connectivity index (χ0) is 35.9. The van der Waals surface area contributed by atoms with Crippen LogP contribution in [0.3, 0.4) is 0 Å². The molecule has 4 saturated carbocycles. The third-order valence-corrected chi connectivity index (χ3v) is 15.5. The Balaban J connectivity index is 1.37. The second-order valence-electron chi connectivity index (χ2n) is 17.4. The van der Waals surface area contributed by atoms with Crippen LogP contribution in [0.25, 0.3) is 0 Å². The van der Waals surface area contributed by atoms with Crippen LogP contribution in [-0.4, -0.2) is 83.6 Å². The van der Waals surface area contributed by atoms with E-state index in [-0.39, 0.29) is 40.7 Å². The number of ketones is 1. The highest BCUT2D eigenvalue weighted by Crippen LogP contribution is 2.65. The number of fused-ring (bicyclic) bond motifs is 1. The number of nitrogens with two attached hydrogens (primary N) is 1. The quantitative estimate of drug-likeness (QED) is 0.224. The molecule has 0 spiro atoms. The molecule has 5 amide bonds. The number of hydrogen-bond acceptors (Lipinski definition) is 7. The number of amides is 5. The number of carbonyl (C=O) groups is 5. The van der Waals surface area contributed by atoms with Gasteiger partial charge in [0.1, 0.15) is 12.1 Å². The van der Waals surface area contributed by atoms with Gasteiger partial charge in [0.05, 0.1) is 22.1 Å². The number of sulfone groups is 1. The van der Waals surface area contributed by atoms with Crippen molar-refractivity contribution in [1.29, 1.82) is 0 Å². The van der Waals surface area contributed by atoms with E-state index in [0.29, 0.717) is 25.8 Å². The number of carbonyl (C=O) groups excluding carboxylic acids is 5. The number of urea groups is 1. The maximum Gasteiger partial charge on any atom is 0.315 e. The number of likely N-dealkylation sites (tertiary alicyclic amines) is 1. The fraction of sp³-hybridized carbons (Fsp3) is 0.861. The molecule has 5 aliphatic rings. The first kappa shape index (κ1) is 37.6. The van der Waals surface area contributed by atoms with E-state index in [2.05, 4.69) is 29.8 Å². The van der Waals surface area contributed by atoms with Crippen LogP contribution in [0.5, 0.6) is 0 Å². The molecule has 5 fully saturated rings. The summed E-state index contributed by atoms with van der Waals surface area (Å²) < 4.78 is 25.8. The van der Waals surface area contributed by atoms with Crippen LogP contribution in [0, 0.1) is 29.1 Å².